The van der Waals surface area contributed by atoms with Crippen molar-refractivity contribution in [2.75, 3.05) is 6.54 Å². The Morgan fingerprint density at radius 2 is 1.86 bits per heavy atom. The van der Waals surface area contributed by atoms with Gasteiger partial charge in [-0.25, -0.2) is 15.0 Å². The number of aliphatic imine (C=N–C) groups is 1. The third-order valence-corrected chi connectivity index (χ3v) is 4.00. The summed E-state index contributed by atoms with van der Waals surface area (Å²) in [6.07, 6.45) is 7.58. The van der Waals surface area contributed by atoms with E-state index in [-0.39, 0.29) is 0 Å². The number of benzene rings is 1. The summed E-state index contributed by atoms with van der Waals surface area (Å²) in [4.78, 5) is 13.0. The van der Waals surface area contributed by atoms with Crippen molar-refractivity contribution in [2.45, 2.75) is 25.8 Å². The number of hydrogen-bond acceptors (Lipinski definition) is 3. The summed E-state index contributed by atoms with van der Waals surface area (Å²) < 4.78 is 0. The molecular weight excluding hydrogens is 274 g/mol. The molecule has 1 fully saturated rings. The van der Waals surface area contributed by atoms with E-state index in [0.29, 0.717) is 18.3 Å². The highest BCUT2D eigenvalue weighted by Crippen LogP contribution is 2.25. The van der Waals surface area contributed by atoms with Crippen LogP contribution in [0.15, 0.2) is 47.7 Å². The molecule has 0 amide bonds. The minimum atomic E-state index is 0.401. The Balaban J connectivity index is 1.54. The fourth-order valence-electron chi connectivity index (χ4n) is 2.37. The number of nitrogens with two attached hydrogens (primary N) is 1. The average molecular weight is 295 g/mol. The molecule has 0 saturated heterocycles. The lowest BCUT2D eigenvalue weighted by Crippen LogP contribution is -2.37. The van der Waals surface area contributed by atoms with Crippen LogP contribution in [-0.2, 0) is 6.54 Å². The highest BCUT2D eigenvalue weighted by atomic mass is 15.1. The molecule has 3 rings (SSSR count). The Morgan fingerprint density at radius 1 is 1.14 bits per heavy atom. The lowest BCUT2D eigenvalue weighted by atomic mass is 9.85. The van der Waals surface area contributed by atoms with E-state index in [9.17, 15) is 0 Å². The zero-order valence-corrected chi connectivity index (χ0v) is 12.6. The van der Waals surface area contributed by atoms with Crippen molar-refractivity contribution in [1.29, 1.82) is 0 Å². The molecule has 1 aliphatic carbocycles. The van der Waals surface area contributed by atoms with Gasteiger partial charge in [-0.15, -0.1) is 0 Å². The molecule has 0 unspecified atom stereocenters. The zero-order valence-electron chi connectivity index (χ0n) is 12.6. The molecule has 5 heteroatoms. The largest absolute Gasteiger partial charge is 0.370 e. The first-order chi connectivity index (χ1) is 10.8. The summed E-state index contributed by atoms with van der Waals surface area (Å²) in [6.45, 7) is 1.32. The summed E-state index contributed by atoms with van der Waals surface area (Å²) in [5, 5.41) is 3.16. The van der Waals surface area contributed by atoms with Crippen LogP contribution in [0.3, 0.4) is 0 Å². The number of nitrogens with zero attached hydrogens (tertiary/aromatic N) is 3. The second-order valence-corrected chi connectivity index (χ2v) is 5.63. The van der Waals surface area contributed by atoms with Gasteiger partial charge in [0.1, 0.15) is 12.4 Å². The van der Waals surface area contributed by atoms with Gasteiger partial charge in [-0.2, -0.15) is 0 Å². The molecule has 1 aliphatic rings. The third-order valence-electron chi connectivity index (χ3n) is 4.00. The minimum Gasteiger partial charge on any atom is -0.370 e. The van der Waals surface area contributed by atoms with Gasteiger partial charge in [0.25, 0.3) is 0 Å². The molecule has 114 valence electrons. The van der Waals surface area contributed by atoms with E-state index in [1.165, 1.54) is 19.3 Å². The number of rotatable bonds is 5. The summed E-state index contributed by atoms with van der Waals surface area (Å²) in [7, 11) is 0. The molecule has 0 radical (unpaired) electrons. The number of nitrogens with one attached hydrogen (secondary N) is 1. The first-order valence-electron chi connectivity index (χ1n) is 7.71. The Bertz CT molecular complexity index is 617. The van der Waals surface area contributed by atoms with Gasteiger partial charge in [0.2, 0.25) is 0 Å². The summed E-state index contributed by atoms with van der Waals surface area (Å²) in [5.41, 5.74) is 7.97. The molecule has 5 nitrogen and oxygen atoms in total. The molecule has 0 spiro atoms. The van der Waals surface area contributed by atoms with Gasteiger partial charge in [-0.05, 0) is 24.3 Å². The van der Waals surface area contributed by atoms with Crippen molar-refractivity contribution in [3.8, 4) is 11.1 Å². The summed E-state index contributed by atoms with van der Waals surface area (Å²) >= 11 is 0. The second kappa shape index (κ2) is 7.02. The summed E-state index contributed by atoms with van der Waals surface area (Å²) in [6, 6.07) is 10.1. The van der Waals surface area contributed by atoms with Gasteiger partial charge >= 0.3 is 0 Å². The Morgan fingerprint density at radius 3 is 2.50 bits per heavy atom. The topological polar surface area (TPSA) is 76.2 Å². The van der Waals surface area contributed by atoms with Crippen LogP contribution < -0.4 is 11.1 Å². The molecule has 0 atom stereocenters. The predicted octanol–water partition coefficient (Wildman–Crippen LogP) is 2.35. The van der Waals surface area contributed by atoms with Crippen LogP contribution in [0.4, 0.5) is 0 Å². The van der Waals surface area contributed by atoms with Crippen molar-refractivity contribution >= 4 is 5.96 Å². The first kappa shape index (κ1) is 14.5. The molecule has 1 saturated carbocycles. The predicted molar refractivity (Wildman–Crippen MR) is 88.1 cm³/mol. The highest BCUT2D eigenvalue weighted by molar-refractivity contribution is 5.77. The normalized spacial score (nSPS) is 15.4. The van der Waals surface area contributed by atoms with E-state index in [2.05, 4.69) is 20.3 Å². The molecular formula is C17H21N5. The van der Waals surface area contributed by atoms with Crippen LogP contribution in [0.1, 0.15) is 25.1 Å². The molecule has 1 heterocycles. The van der Waals surface area contributed by atoms with Crippen LogP contribution in [0.5, 0.6) is 0 Å². The Labute approximate surface area is 130 Å². The highest BCUT2D eigenvalue weighted by Gasteiger charge is 2.16. The fraction of sp³-hybridized carbons (Fsp3) is 0.353. The number of hydrogen-bond donors (Lipinski definition) is 2. The molecule has 22 heavy (non-hydrogen) atoms. The smallest absolute Gasteiger partial charge is 0.189 e. The molecule has 1 aromatic carbocycles. The van der Waals surface area contributed by atoms with Crippen molar-refractivity contribution in [3.05, 3.63) is 48.5 Å². The average Bonchev–Trinajstić information content (AvgIpc) is 2.53. The van der Waals surface area contributed by atoms with Crippen molar-refractivity contribution < 1.29 is 0 Å². The van der Waals surface area contributed by atoms with E-state index in [1.54, 1.807) is 0 Å². The lowest BCUT2D eigenvalue weighted by Gasteiger charge is -2.25. The summed E-state index contributed by atoms with van der Waals surface area (Å²) in [5.74, 6) is 1.91. The van der Waals surface area contributed by atoms with E-state index in [0.717, 1.165) is 23.6 Å². The van der Waals surface area contributed by atoms with Crippen LogP contribution in [0.2, 0.25) is 0 Å². The monoisotopic (exact) mass is 295 g/mol. The van der Waals surface area contributed by atoms with Gasteiger partial charge in [-0.3, -0.25) is 0 Å². The Hall–Kier alpha value is -2.43. The maximum Gasteiger partial charge on any atom is 0.189 e. The van der Waals surface area contributed by atoms with Crippen molar-refractivity contribution in [3.63, 3.8) is 0 Å². The van der Waals surface area contributed by atoms with Gasteiger partial charge in [-0.1, -0.05) is 36.8 Å². The van der Waals surface area contributed by atoms with E-state index in [1.807, 2.05) is 42.7 Å². The fourth-order valence-corrected chi connectivity index (χ4v) is 2.37. The minimum absolute atomic E-state index is 0.401. The molecule has 1 aromatic heterocycles. The molecule has 0 bridgehead atoms. The maximum absolute atomic E-state index is 5.85. The van der Waals surface area contributed by atoms with Gasteiger partial charge in [0.15, 0.2) is 5.96 Å². The van der Waals surface area contributed by atoms with E-state index in [4.69, 9.17) is 5.73 Å². The van der Waals surface area contributed by atoms with E-state index >= 15 is 0 Å². The lowest BCUT2D eigenvalue weighted by molar-refractivity contribution is 0.315. The molecule has 3 N–H and O–H groups in total. The first-order valence-corrected chi connectivity index (χ1v) is 7.71. The number of guanidine groups is 1. The SMILES string of the molecule is NC(=NCc1ncc(-c2ccccc2)cn1)NCC1CCC1. The number of aromatic nitrogens is 2. The molecule has 2 aromatic rings. The van der Waals surface area contributed by atoms with Gasteiger partial charge < -0.3 is 11.1 Å². The second-order valence-electron chi connectivity index (χ2n) is 5.63. The standard InChI is InChI=1S/C17H21N5/c18-17(21-9-13-5-4-6-13)22-12-16-19-10-15(11-20-16)14-7-2-1-3-8-14/h1-3,7-8,10-11,13H,4-6,9,12H2,(H3,18,21,22). The zero-order chi connectivity index (χ0) is 15.2. The van der Waals surface area contributed by atoms with Crippen LogP contribution in [-0.4, -0.2) is 22.5 Å². The van der Waals surface area contributed by atoms with Gasteiger partial charge in [0.05, 0.1) is 0 Å². The Kier molecular flexibility index (Phi) is 4.63. The van der Waals surface area contributed by atoms with Crippen LogP contribution >= 0.6 is 0 Å². The third kappa shape index (κ3) is 3.81. The van der Waals surface area contributed by atoms with Crippen molar-refractivity contribution in [2.24, 2.45) is 16.6 Å². The molecule has 0 aliphatic heterocycles. The van der Waals surface area contributed by atoms with E-state index < -0.39 is 0 Å². The maximum atomic E-state index is 5.85. The van der Waals surface area contributed by atoms with Crippen molar-refractivity contribution in [1.82, 2.24) is 15.3 Å². The quantitative estimate of drug-likeness (QED) is 0.656. The van der Waals surface area contributed by atoms with Gasteiger partial charge in [0, 0.05) is 24.5 Å². The van der Waals surface area contributed by atoms with Crippen LogP contribution in [0, 0.1) is 5.92 Å². The van der Waals surface area contributed by atoms with Crippen LogP contribution in [0.25, 0.3) is 11.1 Å².